The molecule has 0 radical (unpaired) electrons. The number of nitrogens with one attached hydrogen (secondary N) is 1. The SMILES string of the molecule is C/C(=C\CO)CC/C=C(\C)CNc1ccccc1Cl. The van der Waals surface area contributed by atoms with Crippen molar-refractivity contribution in [3.63, 3.8) is 0 Å². The normalized spacial score (nSPS) is 12.6. The van der Waals surface area contributed by atoms with Crippen molar-refractivity contribution >= 4 is 17.3 Å². The number of hydrogen-bond acceptors (Lipinski definition) is 2. The molecule has 0 saturated carbocycles. The lowest BCUT2D eigenvalue weighted by Crippen LogP contribution is -2.03. The standard InChI is InChI=1S/C16H22ClNO/c1-13(10-11-19)6-5-7-14(2)12-18-16-9-4-3-8-15(16)17/h3-4,7-10,18-19H,5-6,11-12H2,1-2H3/b13-10+,14-7+. The predicted molar refractivity (Wildman–Crippen MR) is 83.8 cm³/mol. The van der Waals surface area contributed by atoms with Gasteiger partial charge in [-0.1, -0.05) is 47.0 Å². The highest BCUT2D eigenvalue weighted by molar-refractivity contribution is 6.33. The fourth-order valence-electron chi connectivity index (χ4n) is 1.72. The summed E-state index contributed by atoms with van der Waals surface area (Å²) < 4.78 is 0. The Balaban J connectivity index is 2.37. The third-order valence-corrected chi connectivity index (χ3v) is 3.23. The molecule has 1 aromatic carbocycles. The van der Waals surface area contributed by atoms with E-state index < -0.39 is 0 Å². The summed E-state index contributed by atoms with van der Waals surface area (Å²) in [6, 6.07) is 7.75. The monoisotopic (exact) mass is 279 g/mol. The fourth-order valence-corrected chi connectivity index (χ4v) is 1.92. The highest BCUT2D eigenvalue weighted by atomic mass is 35.5. The molecular weight excluding hydrogens is 258 g/mol. The number of anilines is 1. The number of benzene rings is 1. The molecular formula is C16H22ClNO. The lowest BCUT2D eigenvalue weighted by Gasteiger charge is -2.08. The molecule has 0 amide bonds. The van der Waals surface area contributed by atoms with Crippen molar-refractivity contribution in [2.24, 2.45) is 0 Å². The second kappa shape index (κ2) is 8.78. The van der Waals surface area contributed by atoms with E-state index in [4.69, 9.17) is 16.7 Å². The molecule has 19 heavy (non-hydrogen) atoms. The maximum atomic E-state index is 8.77. The van der Waals surface area contributed by atoms with Gasteiger partial charge in [-0.3, -0.25) is 0 Å². The Morgan fingerprint density at radius 2 is 1.95 bits per heavy atom. The minimum atomic E-state index is 0.128. The van der Waals surface area contributed by atoms with Crippen LogP contribution in [0.1, 0.15) is 26.7 Å². The molecule has 0 aliphatic carbocycles. The molecule has 0 aliphatic heterocycles. The van der Waals surface area contributed by atoms with Crippen molar-refractivity contribution in [3.05, 3.63) is 52.6 Å². The van der Waals surface area contributed by atoms with Gasteiger partial charge in [0.15, 0.2) is 0 Å². The molecule has 0 atom stereocenters. The molecule has 2 nitrogen and oxygen atoms in total. The second-order valence-corrected chi connectivity index (χ2v) is 5.06. The Morgan fingerprint density at radius 3 is 2.63 bits per heavy atom. The number of rotatable bonds is 7. The number of aliphatic hydroxyl groups is 1. The van der Waals surface area contributed by atoms with E-state index in [-0.39, 0.29) is 6.61 Å². The van der Waals surface area contributed by atoms with Gasteiger partial charge in [0, 0.05) is 6.54 Å². The maximum Gasteiger partial charge on any atom is 0.0637 e. The number of aliphatic hydroxyl groups excluding tert-OH is 1. The summed E-state index contributed by atoms with van der Waals surface area (Å²) >= 11 is 6.08. The summed E-state index contributed by atoms with van der Waals surface area (Å²) in [6.45, 7) is 5.07. The molecule has 1 rings (SSSR count). The quantitative estimate of drug-likeness (QED) is 0.724. The Hall–Kier alpha value is -1.25. The molecule has 0 fully saturated rings. The average molecular weight is 280 g/mol. The first-order valence-electron chi connectivity index (χ1n) is 6.54. The van der Waals surface area contributed by atoms with E-state index in [1.165, 1.54) is 11.1 Å². The van der Waals surface area contributed by atoms with Crippen LogP contribution in [0.25, 0.3) is 0 Å². The van der Waals surface area contributed by atoms with Crippen LogP contribution in [-0.2, 0) is 0 Å². The number of hydrogen-bond donors (Lipinski definition) is 2. The summed E-state index contributed by atoms with van der Waals surface area (Å²) in [5.41, 5.74) is 3.48. The number of allylic oxidation sites excluding steroid dienone is 2. The van der Waals surface area contributed by atoms with Gasteiger partial charge in [0.25, 0.3) is 0 Å². The van der Waals surface area contributed by atoms with Crippen molar-refractivity contribution in [1.29, 1.82) is 0 Å². The molecule has 0 aliphatic rings. The molecule has 0 saturated heterocycles. The highest BCUT2D eigenvalue weighted by Gasteiger charge is 1.97. The van der Waals surface area contributed by atoms with E-state index >= 15 is 0 Å². The zero-order chi connectivity index (χ0) is 14.1. The highest BCUT2D eigenvalue weighted by Crippen LogP contribution is 2.20. The second-order valence-electron chi connectivity index (χ2n) is 4.66. The molecule has 2 N–H and O–H groups in total. The van der Waals surface area contributed by atoms with Crippen LogP contribution in [0.4, 0.5) is 5.69 Å². The largest absolute Gasteiger partial charge is 0.392 e. The minimum Gasteiger partial charge on any atom is -0.392 e. The zero-order valence-electron chi connectivity index (χ0n) is 11.6. The summed E-state index contributed by atoms with van der Waals surface area (Å²) in [4.78, 5) is 0. The van der Waals surface area contributed by atoms with Gasteiger partial charge < -0.3 is 10.4 Å². The third kappa shape index (κ3) is 6.46. The maximum absolute atomic E-state index is 8.77. The van der Waals surface area contributed by atoms with Crippen LogP contribution < -0.4 is 5.32 Å². The van der Waals surface area contributed by atoms with Gasteiger partial charge in [-0.05, 0) is 38.8 Å². The van der Waals surface area contributed by atoms with Crippen LogP contribution in [0.3, 0.4) is 0 Å². The number of halogens is 1. The summed E-state index contributed by atoms with van der Waals surface area (Å²) in [7, 11) is 0. The van der Waals surface area contributed by atoms with Gasteiger partial charge in [0.1, 0.15) is 0 Å². The van der Waals surface area contributed by atoms with E-state index in [0.29, 0.717) is 0 Å². The minimum absolute atomic E-state index is 0.128. The fraction of sp³-hybridized carbons (Fsp3) is 0.375. The van der Waals surface area contributed by atoms with Crippen LogP contribution in [0.5, 0.6) is 0 Å². The molecule has 1 aromatic rings. The summed E-state index contributed by atoms with van der Waals surface area (Å²) in [6.07, 6.45) is 6.06. The van der Waals surface area contributed by atoms with Crippen molar-refractivity contribution in [2.75, 3.05) is 18.5 Å². The Bertz CT molecular complexity index is 452. The third-order valence-electron chi connectivity index (χ3n) is 2.90. The molecule has 104 valence electrons. The molecule has 3 heteroatoms. The number of para-hydroxylation sites is 1. The average Bonchev–Trinajstić information content (AvgIpc) is 2.38. The Labute approximate surface area is 120 Å². The van der Waals surface area contributed by atoms with E-state index in [1.54, 1.807) is 0 Å². The first-order valence-corrected chi connectivity index (χ1v) is 6.92. The van der Waals surface area contributed by atoms with Gasteiger partial charge in [-0.25, -0.2) is 0 Å². The van der Waals surface area contributed by atoms with Gasteiger partial charge in [-0.2, -0.15) is 0 Å². The van der Waals surface area contributed by atoms with Crippen molar-refractivity contribution in [3.8, 4) is 0 Å². The van der Waals surface area contributed by atoms with Gasteiger partial charge >= 0.3 is 0 Å². The Kier molecular flexibility index (Phi) is 7.31. The van der Waals surface area contributed by atoms with E-state index in [1.807, 2.05) is 37.3 Å². The topological polar surface area (TPSA) is 32.3 Å². The zero-order valence-corrected chi connectivity index (χ0v) is 12.4. The van der Waals surface area contributed by atoms with E-state index in [9.17, 15) is 0 Å². The van der Waals surface area contributed by atoms with Crippen LogP contribution in [0, 0.1) is 0 Å². The summed E-state index contributed by atoms with van der Waals surface area (Å²) in [5.74, 6) is 0. The van der Waals surface area contributed by atoms with Gasteiger partial charge in [0.2, 0.25) is 0 Å². The van der Waals surface area contributed by atoms with E-state index in [2.05, 4.69) is 18.3 Å². The van der Waals surface area contributed by atoms with Crippen LogP contribution in [0.2, 0.25) is 5.02 Å². The Morgan fingerprint density at radius 1 is 1.21 bits per heavy atom. The predicted octanol–water partition coefficient (Wildman–Crippen LogP) is 4.42. The van der Waals surface area contributed by atoms with Gasteiger partial charge in [0.05, 0.1) is 17.3 Å². The molecule has 0 aromatic heterocycles. The first kappa shape index (κ1) is 15.8. The van der Waals surface area contributed by atoms with Crippen LogP contribution in [0.15, 0.2) is 47.6 Å². The smallest absolute Gasteiger partial charge is 0.0637 e. The van der Waals surface area contributed by atoms with Crippen molar-refractivity contribution in [2.45, 2.75) is 26.7 Å². The molecule has 0 spiro atoms. The lowest BCUT2D eigenvalue weighted by atomic mass is 10.1. The lowest BCUT2D eigenvalue weighted by molar-refractivity contribution is 0.341. The first-order chi connectivity index (χ1) is 9.13. The van der Waals surface area contributed by atoms with E-state index in [0.717, 1.165) is 30.1 Å². The van der Waals surface area contributed by atoms with Gasteiger partial charge in [-0.15, -0.1) is 0 Å². The van der Waals surface area contributed by atoms with Crippen molar-refractivity contribution < 1.29 is 5.11 Å². The van der Waals surface area contributed by atoms with Crippen molar-refractivity contribution in [1.82, 2.24) is 0 Å². The summed E-state index contributed by atoms with van der Waals surface area (Å²) in [5, 5.41) is 12.8. The van der Waals surface area contributed by atoms with Crippen LogP contribution >= 0.6 is 11.6 Å². The van der Waals surface area contributed by atoms with Crippen LogP contribution in [-0.4, -0.2) is 18.3 Å². The molecule has 0 bridgehead atoms. The molecule has 0 heterocycles. The molecule has 0 unspecified atom stereocenters.